The van der Waals surface area contributed by atoms with E-state index in [0.29, 0.717) is 10.6 Å². The molecule has 2 aromatic rings. The van der Waals surface area contributed by atoms with Crippen molar-refractivity contribution in [1.29, 1.82) is 0 Å². The van der Waals surface area contributed by atoms with Gasteiger partial charge < -0.3 is 4.98 Å². The number of rotatable bonds is 4. The summed E-state index contributed by atoms with van der Waals surface area (Å²) in [6, 6.07) is 10.4. The van der Waals surface area contributed by atoms with Gasteiger partial charge in [-0.05, 0) is 40.9 Å². The number of aromatic nitrogens is 2. The quantitative estimate of drug-likeness (QED) is 0.532. The summed E-state index contributed by atoms with van der Waals surface area (Å²) in [6.07, 6.45) is 5.13. The van der Waals surface area contributed by atoms with Crippen LogP contribution in [0.4, 0.5) is 0 Å². The Morgan fingerprint density at radius 1 is 1.24 bits per heavy atom. The largest absolute Gasteiger partial charge is 0.345 e. The highest BCUT2D eigenvalue weighted by Gasteiger charge is 2.21. The van der Waals surface area contributed by atoms with E-state index < -0.39 is 0 Å². The second-order valence-corrected chi connectivity index (χ2v) is 7.53. The molecule has 1 N–H and O–H groups in total. The van der Waals surface area contributed by atoms with Crippen LogP contribution >= 0.6 is 39.9 Å². The van der Waals surface area contributed by atoms with Gasteiger partial charge in [-0.25, -0.2) is 4.98 Å². The second kappa shape index (κ2) is 7.07. The molecule has 0 bridgehead atoms. The summed E-state index contributed by atoms with van der Waals surface area (Å²) < 4.78 is 1.66. The van der Waals surface area contributed by atoms with E-state index in [1.165, 1.54) is 36.3 Å². The van der Waals surface area contributed by atoms with Crippen molar-refractivity contribution in [3.8, 4) is 0 Å². The minimum absolute atomic E-state index is 0.601. The zero-order valence-electron chi connectivity index (χ0n) is 11.6. The number of nitrogens with zero attached hydrogens (tertiary/aromatic N) is 1. The first-order chi connectivity index (χ1) is 10.2. The van der Waals surface area contributed by atoms with Gasteiger partial charge in [0.2, 0.25) is 0 Å². The summed E-state index contributed by atoms with van der Waals surface area (Å²) in [4.78, 5) is 9.29. The molecule has 2 nitrogen and oxygen atoms in total. The molecule has 0 saturated heterocycles. The van der Waals surface area contributed by atoms with Crippen LogP contribution in [0.2, 0.25) is 0 Å². The Kier molecular flexibility index (Phi) is 5.14. The molecular weight excluding hydrogens is 364 g/mol. The monoisotopic (exact) mass is 380 g/mol. The number of aromatic amines is 1. The molecular formula is C16H17BrN2S2. The third-order valence-corrected chi connectivity index (χ3v) is 6.21. The van der Waals surface area contributed by atoms with Crippen LogP contribution in [-0.4, -0.2) is 9.97 Å². The molecule has 1 aromatic heterocycles. The lowest BCUT2D eigenvalue weighted by Gasteiger charge is -2.14. The second-order valence-electron chi connectivity index (χ2n) is 5.30. The zero-order valence-corrected chi connectivity index (χ0v) is 14.9. The first-order valence-electron chi connectivity index (χ1n) is 7.20. The van der Waals surface area contributed by atoms with Crippen LogP contribution in [0.15, 0.2) is 39.7 Å². The fraction of sp³-hybridized carbons (Fsp3) is 0.375. The number of halogens is 1. The highest BCUT2D eigenvalue weighted by molar-refractivity contribution is 9.10. The molecule has 5 heteroatoms. The summed E-state index contributed by atoms with van der Waals surface area (Å²) in [5, 5.41) is 0. The van der Waals surface area contributed by atoms with Gasteiger partial charge in [0.05, 0.1) is 10.2 Å². The molecule has 0 aliphatic heterocycles. The first-order valence-corrected chi connectivity index (χ1v) is 9.39. The lowest BCUT2D eigenvalue weighted by atomic mass is 10.0. The number of hydrogen-bond donors (Lipinski definition) is 1. The Morgan fingerprint density at radius 2 is 1.95 bits per heavy atom. The maximum absolute atomic E-state index is 5.41. The van der Waals surface area contributed by atoms with Crippen molar-refractivity contribution in [3.63, 3.8) is 0 Å². The van der Waals surface area contributed by atoms with Gasteiger partial charge in [0.1, 0.15) is 10.5 Å². The Bertz CT molecular complexity index is 664. The standard InChI is InChI=1S/C16H17BrN2S2/c17-14-15(11-6-4-5-7-11)18-13(19-16(14)20)10-21-12-8-2-1-3-9-12/h1-3,8-9,11H,4-7,10H2,(H,18,19,20). The van der Waals surface area contributed by atoms with Crippen LogP contribution in [0.25, 0.3) is 0 Å². The summed E-state index contributed by atoms with van der Waals surface area (Å²) in [5.41, 5.74) is 1.25. The molecule has 1 aromatic carbocycles. The number of benzene rings is 1. The van der Waals surface area contributed by atoms with Crippen LogP contribution in [0.1, 0.15) is 43.1 Å². The van der Waals surface area contributed by atoms with E-state index in [-0.39, 0.29) is 0 Å². The molecule has 1 aliphatic carbocycles. The Morgan fingerprint density at radius 3 is 2.67 bits per heavy atom. The molecule has 110 valence electrons. The van der Waals surface area contributed by atoms with E-state index in [1.54, 1.807) is 11.8 Å². The average Bonchev–Trinajstić information content (AvgIpc) is 3.03. The molecule has 0 amide bonds. The molecule has 21 heavy (non-hydrogen) atoms. The van der Waals surface area contributed by atoms with Gasteiger partial charge in [0, 0.05) is 16.5 Å². The molecule has 0 spiro atoms. The van der Waals surface area contributed by atoms with Crippen LogP contribution in [0.3, 0.4) is 0 Å². The number of hydrogen-bond acceptors (Lipinski definition) is 3. The van der Waals surface area contributed by atoms with Gasteiger partial charge in [0.15, 0.2) is 0 Å². The number of thioether (sulfide) groups is 1. The molecule has 1 heterocycles. The Balaban J connectivity index is 1.80. The molecule has 1 fully saturated rings. The van der Waals surface area contributed by atoms with Crippen molar-refractivity contribution in [2.75, 3.05) is 0 Å². The predicted octanol–water partition coefficient (Wildman–Crippen LogP) is 5.85. The van der Waals surface area contributed by atoms with Crippen molar-refractivity contribution in [2.24, 2.45) is 0 Å². The smallest absolute Gasteiger partial charge is 0.144 e. The zero-order chi connectivity index (χ0) is 14.7. The predicted molar refractivity (Wildman–Crippen MR) is 94.3 cm³/mol. The fourth-order valence-electron chi connectivity index (χ4n) is 2.76. The SMILES string of the molecule is S=c1nc(CSc2ccccc2)[nH]c(C2CCCC2)c1Br. The van der Waals surface area contributed by atoms with E-state index in [2.05, 4.69) is 50.2 Å². The number of nitrogens with one attached hydrogen (secondary N) is 1. The summed E-state index contributed by atoms with van der Waals surface area (Å²) in [6.45, 7) is 0. The average molecular weight is 381 g/mol. The van der Waals surface area contributed by atoms with E-state index in [0.717, 1.165) is 16.0 Å². The Labute approximate surface area is 142 Å². The number of H-pyrrole nitrogens is 1. The Hall–Kier alpha value is -0.650. The van der Waals surface area contributed by atoms with Crippen molar-refractivity contribution in [1.82, 2.24) is 9.97 Å². The lowest BCUT2D eigenvalue weighted by Crippen LogP contribution is -2.04. The third-order valence-electron chi connectivity index (χ3n) is 3.82. The van der Waals surface area contributed by atoms with E-state index in [9.17, 15) is 0 Å². The highest BCUT2D eigenvalue weighted by atomic mass is 79.9. The normalized spacial score (nSPS) is 15.5. The summed E-state index contributed by atoms with van der Waals surface area (Å²) in [7, 11) is 0. The molecule has 1 aliphatic rings. The van der Waals surface area contributed by atoms with Crippen molar-refractivity contribution in [3.05, 3.63) is 51.0 Å². The molecule has 0 unspecified atom stereocenters. The van der Waals surface area contributed by atoms with Gasteiger partial charge in [-0.3, -0.25) is 0 Å². The topological polar surface area (TPSA) is 28.7 Å². The van der Waals surface area contributed by atoms with Gasteiger partial charge in [-0.2, -0.15) is 0 Å². The third kappa shape index (κ3) is 3.76. The van der Waals surface area contributed by atoms with Gasteiger partial charge >= 0.3 is 0 Å². The maximum Gasteiger partial charge on any atom is 0.144 e. The fourth-order valence-corrected chi connectivity index (χ4v) is 4.28. The van der Waals surface area contributed by atoms with Crippen molar-refractivity contribution in [2.45, 2.75) is 42.2 Å². The van der Waals surface area contributed by atoms with Crippen LogP contribution in [0, 0.1) is 4.64 Å². The van der Waals surface area contributed by atoms with E-state index in [1.807, 2.05) is 6.07 Å². The van der Waals surface area contributed by atoms with E-state index >= 15 is 0 Å². The maximum atomic E-state index is 5.41. The molecule has 0 radical (unpaired) electrons. The minimum Gasteiger partial charge on any atom is -0.345 e. The minimum atomic E-state index is 0.601. The summed E-state index contributed by atoms with van der Waals surface area (Å²) >= 11 is 10.8. The molecule has 0 atom stereocenters. The van der Waals surface area contributed by atoms with Crippen LogP contribution < -0.4 is 0 Å². The lowest BCUT2D eigenvalue weighted by molar-refractivity contribution is 0.682. The van der Waals surface area contributed by atoms with Crippen LogP contribution in [0.5, 0.6) is 0 Å². The first kappa shape index (κ1) is 15.3. The summed E-state index contributed by atoms with van der Waals surface area (Å²) in [5.74, 6) is 2.39. The van der Waals surface area contributed by atoms with E-state index in [4.69, 9.17) is 12.2 Å². The van der Waals surface area contributed by atoms with Crippen molar-refractivity contribution >= 4 is 39.9 Å². The van der Waals surface area contributed by atoms with Gasteiger partial charge in [-0.15, -0.1) is 11.8 Å². The van der Waals surface area contributed by atoms with Crippen molar-refractivity contribution < 1.29 is 0 Å². The van der Waals surface area contributed by atoms with Gasteiger partial charge in [0.25, 0.3) is 0 Å². The van der Waals surface area contributed by atoms with Gasteiger partial charge in [-0.1, -0.05) is 43.3 Å². The highest BCUT2D eigenvalue weighted by Crippen LogP contribution is 2.37. The molecule has 1 saturated carbocycles. The van der Waals surface area contributed by atoms with Crippen LogP contribution in [-0.2, 0) is 5.75 Å². The molecule has 3 rings (SSSR count).